The normalized spacial score (nSPS) is 9.88. The second-order valence-corrected chi connectivity index (χ2v) is 3.30. The molecule has 86 valence electrons. The van der Waals surface area contributed by atoms with Crippen LogP contribution in [-0.4, -0.2) is 23.9 Å². The topological polar surface area (TPSA) is 98.3 Å². The van der Waals surface area contributed by atoms with Crippen molar-refractivity contribution in [1.82, 2.24) is 5.32 Å². The highest BCUT2D eigenvalue weighted by Crippen LogP contribution is 2.18. The first-order chi connectivity index (χ1) is 7.56. The van der Waals surface area contributed by atoms with Crippen molar-refractivity contribution in [2.75, 3.05) is 13.1 Å². The highest BCUT2D eigenvalue weighted by molar-refractivity contribution is 5.94. The zero-order chi connectivity index (χ0) is 12.1. The number of hydrogen-bond donors (Lipinski definition) is 2. The van der Waals surface area contributed by atoms with Crippen LogP contribution in [0.25, 0.3) is 0 Å². The Morgan fingerprint density at radius 1 is 1.56 bits per heavy atom. The molecule has 0 aliphatic carbocycles. The fourth-order valence-electron chi connectivity index (χ4n) is 1.24. The zero-order valence-corrected chi connectivity index (χ0v) is 8.90. The van der Waals surface area contributed by atoms with Gasteiger partial charge in [-0.2, -0.15) is 0 Å². The van der Waals surface area contributed by atoms with Gasteiger partial charge in [0.25, 0.3) is 11.6 Å². The first-order valence-electron chi connectivity index (χ1n) is 4.79. The molecule has 0 spiro atoms. The Morgan fingerprint density at radius 2 is 2.25 bits per heavy atom. The number of rotatable bonds is 4. The Kier molecular flexibility index (Phi) is 3.96. The molecular formula is C10H13N3O3. The molecule has 1 amide bonds. The SMILES string of the molecule is Cc1ccc(C(=O)NCCN)cc1[N+](=O)[O-]. The van der Waals surface area contributed by atoms with E-state index in [2.05, 4.69) is 5.32 Å². The Morgan fingerprint density at radius 3 is 2.81 bits per heavy atom. The van der Waals surface area contributed by atoms with Crippen LogP contribution in [0.15, 0.2) is 18.2 Å². The van der Waals surface area contributed by atoms with Gasteiger partial charge in [0.05, 0.1) is 4.92 Å². The predicted molar refractivity (Wildman–Crippen MR) is 59.2 cm³/mol. The van der Waals surface area contributed by atoms with Gasteiger partial charge in [-0.15, -0.1) is 0 Å². The van der Waals surface area contributed by atoms with Gasteiger partial charge >= 0.3 is 0 Å². The number of aryl methyl sites for hydroxylation is 1. The van der Waals surface area contributed by atoms with Crippen molar-refractivity contribution >= 4 is 11.6 Å². The first-order valence-corrected chi connectivity index (χ1v) is 4.79. The summed E-state index contributed by atoms with van der Waals surface area (Å²) in [5, 5.41) is 13.2. The van der Waals surface area contributed by atoms with E-state index < -0.39 is 4.92 Å². The molecule has 0 aliphatic heterocycles. The van der Waals surface area contributed by atoms with E-state index in [1.807, 2.05) is 0 Å². The highest BCUT2D eigenvalue weighted by atomic mass is 16.6. The molecule has 0 heterocycles. The maximum atomic E-state index is 11.5. The van der Waals surface area contributed by atoms with Crippen molar-refractivity contribution in [2.24, 2.45) is 5.73 Å². The van der Waals surface area contributed by atoms with Crippen LogP contribution in [0.5, 0.6) is 0 Å². The highest BCUT2D eigenvalue weighted by Gasteiger charge is 2.14. The summed E-state index contributed by atoms with van der Waals surface area (Å²) in [6, 6.07) is 4.37. The van der Waals surface area contributed by atoms with Crippen molar-refractivity contribution in [3.63, 3.8) is 0 Å². The smallest absolute Gasteiger partial charge is 0.273 e. The number of nitro benzene ring substituents is 1. The summed E-state index contributed by atoms with van der Waals surface area (Å²) < 4.78 is 0. The molecule has 0 fully saturated rings. The largest absolute Gasteiger partial charge is 0.351 e. The zero-order valence-electron chi connectivity index (χ0n) is 8.90. The molecule has 3 N–H and O–H groups in total. The van der Waals surface area contributed by atoms with E-state index in [0.717, 1.165) is 0 Å². The van der Waals surface area contributed by atoms with Gasteiger partial charge in [0.15, 0.2) is 0 Å². The van der Waals surface area contributed by atoms with Crippen LogP contribution in [0, 0.1) is 17.0 Å². The van der Waals surface area contributed by atoms with E-state index in [1.54, 1.807) is 19.1 Å². The Bertz CT molecular complexity index is 418. The molecule has 0 radical (unpaired) electrons. The third-order valence-electron chi connectivity index (χ3n) is 2.10. The number of carbonyl (C=O) groups excluding carboxylic acids is 1. The number of amides is 1. The molecule has 0 saturated carbocycles. The molecule has 1 aromatic rings. The monoisotopic (exact) mass is 223 g/mol. The molecule has 0 bridgehead atoms. The fourth-order valence-corrected chi connectivity index (χ4v) is 1.24. The Balaban J connectivity index is 2.94. The second kappa shape index (κ2) is 5.22. The van der Waals surface area contributed by atoms with Crippen LogP contribution >= 0.6 is 0 Å². The van der Waals surface area contributed by atoms with Crippen molar-refractivity contribution in [3.05, 3.63) is 39.4 Å². The molecular weight excluding hydrogens is 210 g/mol. The van der Waals surface area contributed by atoms with E-state index in [9.17, 15) is 14.9 Å². The summed E-state index contributed by atoms with van der Waals surface area (Å²) in [5.74, 6) is -0.353. The lowest BCUT2D eigenvalue weighted by Crippen LogP contribution is -2.29. The molecule has 0 atom stereocenters. The summed E-state index contributed by atoms with van der Waals surface area (Å²) in [6.45, 7) is 2.31. The first kappa shape index (κ1) is 12.1. The van der Waals surface area contributed by atoms with Crippen molar-refractivity contribution < 1.29 is 9.72 Å². The van der Waals surface area contributed by atoms with Gasteiger partial charge in [-0.3, -0.25) is 14.9 Å². The number of nitro groups is 1. The maximum Gasteiger partial charge on any atom is 0.273 e. The summed E-state index contributed by atoms with van der Waals surface area (Å²) in [7, 11) is 0. The summed E-state index contributed by atoms with van der Waals surface area (Å²) in [6.07, 6.45) is 0. The van der Waals surface area contributed by atoms with Crippen molar-refractivity contribution in [1.29, 1.82) is 0 Å². The molecule has 1 rings (SSSR count). The minimum atomic E-state index is -0.505. The van der Waals surface area contributed by atoms with Crippen LogP contribution < -0.4 is 11.1 Å². The van der Waals surface area contributed by atoms with Gasteiger partial charge in [-0.05, 0) is 13.0 Å². The Labute approximate surface area is 92.6 Å². The number of nitrogens with one attached hydrogen (secondary N) is 1. The van der Waals surface area contributed by atoms with Gasteiger partial charge in [-0.25, -0.2) is 0 Å². The minimum absolute atomic E-state index is 0.0552. The quantitative estimate of drug-likeness (QED) is 0.576. The van der Waals surface area contributed by atoms with Crippen molar-refractivity contribution in [2.45, 2.75) is 6.92 Å². The van der Waals surface area contributed by atoms with Crippen molar-refractivity contribution in [3.8, 4) is 0 Å². The average Bonchev–Trinajstić information content (AvgIpc) is 2.26. The molecule has 0 aromatic heterocycles. The lowest BCUT2D eigenvalue weighted by molar-refractivity contribution is -0.385. The number of benzene rings is 1. The van der Waals surface area contributed by atoms with E-state index >= 15 is 0 Å². The maximum absolute atomic E-state index is 11.5. The lowest BCUT2D eigenvalue weighted by atomic mass is 10.1. The molecule has 1 aromatic carbocycles. The molecule has 0 aliphatic rings. The molecule has 0 unspecified atom stereocenters. The Hall–Kier alpha value is -1.95. The van der Waals surface area contributed by atoms with E-state index in [1.165, 1.54) is 6.07 Å². The van der Waals surface area contributed by atoms with Gasteiger partial charge < -0.3 is 11.1 Å². The second-order valence-electron chi connectivity index (χ2n) is 3.30. The van der Waals surface area contributed by atoms with Crippen LogP contribution in [0.3, 0.4) is 0 Å². The number of nitrogens with zero attached hydrogens (tertiary/aromatic N) is 1. The van der Waals surface area contributed by atoms with E-state index in [-0.39, 0.29) is 17.2 Å². The summed E-state index contributed by atoms with van der Waals surface area (Å²) in [4.78, 5) is 21.7. The molecule has 6 nitrogen and oxygen atoms in total. The van der Waals surface area contributed by atoms with Gasteiger partial charge in [-0.1, -0.05) is 6.07 Å². The van der Waals surface area contributed by atoms with Crippen LogP contribution in [0.4, 0.5) is 5.69 Å². The van der Waals surface area contributed by atoms with Crippen LogP contribution in [0.2, 0.25) is 0 Å². The lowest BCUT2D eigenvalue weighted by Gasteiger charge is -2.04. The third kappa shape index (κ3) is 2.77. The molecule has 6 heteroatoms. The fraction of sp³-hybridized carbons (Fsp3) is 0.300. The van der Waals surface area contributed by atoms with Gasteiger partial charge in [0, 0.05) is 30.3 Å². The van der Waals surface area contributed by atoms with Crippen LogP contribution in [-0.2, 0) is 0 Å². The van der Waals surface area contributed by atoms with Crippen LogP contribution in [0.1, 0.15) is 15.9 Å². The predicted octanol–water partition coefficient (Wildman–Crippen LogP) is 0.592. The molecule has 16 heavy (non-hydrogen) atoms. The third-order valence-corrected chi connectivity index (χ3v) is 2.10. The van der Waals surface area contributed by atoms with E-state index in [4.69, 9.17) is 5.73 Å². The standard InChI is InChI=1S/C10H13N3O3/c1-7-2-3-8(6-9(7)13(15)16)10(14)12-5-4-11/h2-3,6H,4-5,11H2,1H3,(H,12,14). The minimum Gasteiger partial charge on any atom is -0.351 e. The summed E-state index contributed by atoms with van der Waals surface area (Å²) in [5.41, 5.74) is 5.98. The number of hydrogen-bond acceptors (Lipinski definition) is 4. The van der Waals surface area contributed by atoms with Gasteiger partial charge in [0.2, 0.25) is 0 Å². The number of carbonyl (C=O) groups is 1. The summed E-state index contributed by atoms with van der Waals surface area (Å²) >= 11 is 0. The van der Waals surface area contributed by atoms with Gasteiger partial charge in [0.1, 0.15) is 0 Å². The van der Waals surface area contributed by atoms with E-state index in [0.29, 0.717) is 18.7 Å². The number of nitrogens with two attached hydrogens (primary N) is 1. The molecule has 0 saturated heterocycles. The average molecular weight is 223 g/mol.